The van der Waals surface area contributed by atoms with Crippen LogP contribution in [0.4, 0.5) is 5.69 Å². The van der Waals surface area contributed by atoms with Gasteiger partial charge in [-0.25, -0.2) is 0 Å². The van der Waals surface area contributed by atoms with Crippen molar-refractivity contribution in [2.45, 2.75) is 5.03 Å². The third-order valence-corrected chi connectivity index (χ3v) is 4.77. The molecule has 7 nitrogen and oxygen atoms in total. The zero-order valence-corrected chi connectivity index (χ0v) is 15.5. The first-order valence-corrected chi connectivity index (χ1v) is 9.36. The highest BCUT2D eigenvalue weighted by atomic mass is 35.5. The second-order valence-corrected chi connectivity index (χ2v) is 6.99. The van der Waals surface area contributed by atoms with E-state index in [2.05, 4.69) is 25.6 Å². The number of benzene rings is 1. The molecule has 27 heavy (non-hydrogen) atoms. The van der Waals surface area contributed by atoms with Gasteiger partial charge in [-0.2, -0.15) is 9.61 Å². The molecule has 0 bridgehead atoms. The fourth-order valence-corrected chi connectivity index (χ4v) is 3.27. The Balaban J connectivity index is 1.48. The normalized spacial score (nSPS) is 10.9. The van der Waals surface area contributed by atoms with E-state index in [9.17, 15) is 4.79 Å². The van der Waals surface area contributed by atoms with Gasteiger partial charge in [0, 0.05) is 28.7 Å². The zero-order chi connectivity index (χ0) is 18.6. The second kappa shape index (κ2) is 7.73. The molecule has 0 aliphatic heterocycles. The third-order valence-electron chi connectivity index (χ3n) is 3.62. The number of pyridine rings is 1. The minimum absolute atomic E-state index is 0.139. The number of nitrogens with one attached hydrogen (secondary N) is 1. The Hall–Kier alpha value is -2.97. The molecule has 1 amide bonds. The van der Waals surface area contributed by atoms with E-state index in [4.69, 9.17) is 11.6 Å². The molecule has 0 spiro atoms. The smallest absolute Gasteiger partial charge is 0.234 e. The summed E-state index contributed by atoms with van der Waals surface area (Å²) in [5.41, 5.74) is 2.11. The molecular formula is C18H13ClN6OS. The van der Waals surface area contributed by atoms with Crippen molar-refractivity contribution in [3.63, 3.8) is 0 Å². The molecule has 0 atom stereocenters. The molecule has 3 aromatic heterocycles. The summed E-state index contributed by atoms with van der Waals surface area (Å²) >= 11 is 7.25. The monoisotopic (exact) mass is 396 g/mol. The molecule has 0 aliphatic rings. The van der Waals surface area contributed by atoms with Crippen molar-refractivity contribution in [2.24, 2.45) is 0 Å². The molecule has 0 unspecified atom stereocenters. The molecule has 0 saturated heterocycles. The first kappa shape index (κ1) is 17.4. The topological polar surface area (TPSA) is 85.1 Å². The van der Waals surface area contributed by atoms with Crippen molar-refractivity contribution >= 4 is 40.6 Å². The molecule has 3 heterocycles. The Morgan fingerprint density at radius 3 is 2.89 bits per heavy atom. The van der Waals surface area contributed by atoms with Crippen LogP contribution in [0.3, 0.4) is 0 Å². The average Bonchev–Trinajstić information content (AvgIpc) is 3.10. The summed E-state index contributed by atoms with van der Waals surface area (Å²) in [6, 6.07) is 14.4. The molecule has 1 N–H and O–H groups in total. The fraction of sp³-hybridized carbons (Fsp3) is 0.0556. The van der Waals surface area contributed by atoms with Gasteiger partial charge < -0.3 is 5.32 Å². The maximum atomic E-state index is 12.2. The molecule has 9 heteroatoms. The molecule has 4 aromatic rings. The largest absolute Gasteiger partial charge is 0.325 e. The number of carbonyl (C=O) groups excluding carboxylic acids is 1. The molecule has 134 valence electrons. The number of amides is 1. The number of halogens is 1. The van der Waals surface area contributed by atoms with Gasteiger partial charge in [0.25, 0.3) is 0 Å². The van der Waals surface area contributed by atoms with Crippen molar-refractivity contribution in [3.05, 3.63) is 65.9 Å². The van der Waals surface area contributed by atoms with Gasteiger partial charge in [-0.15, -0.1) is 10.2 Å². The van der Waals surface area contributed by atoms with E-state index in [1.807, 2.05) is 24.3 Å². The van der Waals surface area contributed by atoms with Crippen LogP contribution >= 0.6 is 23.4 Å². The first-order valence-electron chi connectivity index (χ1n) is 8.00. The minimum Gasteiger partial charge on any atom is -0.325 e. The minimum atomic E-state index is -0.139. The van der Waals surface area contributed by atoms with Gasteiger partial charge in [0.05, 0.1) is 5.75 Å². The van der Waals surface area contributed by atoms with Crippen LogP contribution in [0, 0.1) is 0 Å². The summed E-state index contributed by atoms with van der Waals surface area (Å²) in [6.45, 7) is 0. The summed E-state index contributed by atoms with van der Waals surface area (Å²) in [4.78, 5) is 16.3. The number of aromatic nitrogens is 5. The van der Waals surface area contributed by atoms with Gasteiger partial charge in [-0.1, -0.05) is 29.4 Å². The van der Waals surface area contributed by atoms with Crippen LogP contribution < -0.4 is 5.32 Å². The average molecular weight is 397 g/mol. The highest BCUT2D eigenvalue weighted by molar-refractivity contribution is 7.99. The van der Waals surface area contributed by atoms with Crippen molar-refractivity contribution in [1.82, 2.24) is 24.8 Å². The molecule has 0 aliphatic carbocycles. The summed E-state index contributed by atoms with van der Waals surface area (Å²) in [7, 11) is 0. The van der Waals surface area contributed by atoms with Gasteiger partial charge in [-0.3, -0.25) is 9.78 Å². The fourth-order valence-electron chi connectivity index (χ4n) is 2.43. The van der Waals surface area contributed by atoms with Crippen LogP contribution in [0.25, 0.3) is 17.0 Å². The molecule has 0 radical (unpaired) electrons. The number of nitrogens with zero attached hydrogens (tertiary/aromatic N) is 5. The van der Waals surface area contributed by atoms with Crippen molar-refractivity contribution in [1.29, 1.82) is 0 Å². The summed E-state index contributed by atoms with van der Waals surface area (Å²) in [5, 5.41) is 16.9. The third kappa shape index (κ3) is 4.07. The maximum absolute atomic E-state index is 12.2. The Morgan fingerprint density at radius 2 is 2.07 bits per heavy atom. The van der Waals surface area contributed by atoms with E-state index in [0.29, 0.717) is 27.2 Å². The van der Waals surface area contributed by atoms with Crippen molar-refractivity contribution in [2.75, 3.05) is 11.1 Å². The quantitative estimate of drug-likeness (QED) is 0.519. The van der Waals surface area contributed by atoms with E-state index in [1.165, 1.54) is 11.8 Å². The maximum Gasteiger partial charge on any atom is 0.234 e. The number of fused-ring (bicyclic) bond motifs is 1. The van der Waals surface area contributed by atoms with E-state index >= 15 is 0 Å². The lowest BCUT2D eigenvalue weighted by Gasteiger charge is -2.06. The van der Waals surface area contributed by atoms with E-state index in [0.717, 1.165) is 5.56 Å². The van der Waals surface area contributed by atoms with Crippen LogP contribution in [0.1, 0.15) is 0 Å². The van der Waals surface area contributed by atoms with Gasteiger partial charge in [0.2, 0.25) is 5.91 Å². The number of carbonyl (C=O) groups is 1. The molecule has 1 aromatic carbocycles. The lowest BCUT2D eigenvalue weighted by Crippen LogP contribution is -2.14. The van der Waals surface area contributed by atoms with Crippen LogP contribution in [0.15, 0.2) is 66.0 Å². The zero-order valence-electron chi connectivity index (χ0n) is 13.9. The first-order chi connectivity index (χ1) is 13.2. The number of thioether (sulfide) groups is 1. The number of anilines is 1. The lowest BCUT2D eigenvalue weighted by atomic mass is 10.3. The van der Waals surface area contributed by atoms with E-state index < -0.39 is 0 Å². The van der Waals surface area contributed by atoms with Crippen molar-refractivity contribution in [3.8, 4) is 11.4 Å². The number of hydrogen-bond donors (Lipinski definition) is 1. The van der Waals surface area contributed by atoms with Crippen molar-refractivity contribution < 1.29 is 4.79 Å². The Bertz CT molecular complexity index is 1100. The Morgan fingerprint density at radius 1 is 1.15 bits per heavy atom. The van der Waals surface area contributed by atoms with Gasteiger partial charge in [0.15, 0.2) is 11.5 Å². The highest BCUT2D eigenvalue weighted by Gasteiger charge is 2.11. The SMILES string of the molecule is O=C(CSc1ccc2nnc(-c3cccnc3)n2n1)Nc1cccc(Cl)c1. The Kier molecular flexibility index (Phi) is 4.99. The molecule has 0 fully saturated rings. The van der Waals surface area contributed by atoms with Crippen LogP contribution in [0.5, 0.6) is 0 Å². The molecule has 4 rings (SSSR count). The van der Waals surface area contributed by atoms with Gasteiger partial charge >= 0.3 is 0 Å². The standard InChI is InChI=1S/C18H13ClN6OS/c19-13-4-1-5-14(9-13)21-16(26)11-27-17-7-6-15-22-23-18(25(15)24-17)12-3-2-8-20-10-12/h1-10H,11H2,(H,21,26). The predicted molar refractivity (Wildman–Crippen MR) is 105 cm³/mol. The highest BCUT2D eigenvalue weighted by Crippen LogP contribution is 2.21. The molecular weight excluding hydrogens is 384 g/mol. The Labute approximate surface area is 163 Å². The van der Waals surface area contributed by atoms with E-state index in [1.54, 1.807) is 41.2 Å². The van der Waals surface area contributed by atoms with Crippen LogP contribution in [0.2, 0.25) is 5.02 Å². The second-order valence-electron chi connectivity index (χ2n) is 5.55. The number of rotatable bonds is 5. The summed E-state index contributed by atoms with van der Waals surface area (Å²) < 4.78 is 1.65. The predicted octanol–water partition coefficient (Wildman–Crippen LogP) is 3.57. The van der Waals surface area contributed by atoms with E-state index in [-0.39, 0.29) is 11.7 Å². The van der Waals surface area contributed by atoms with Gasteiger partial charge in [-0.05, 0) is 42.5 Å². The summed E-state index contributed by atoms with van der Waals surface area (Å²) in [5.74, 6) is 0.680. The van der Waals surface area contributed by atoms with Gasteiger partial charge in [0.1, 0.15) is 5.03 Å². The lowest BCUT2D eigenvalue weighted by molar-refractivity contribution is -0.113. The summed E-state index contributed by atoms with van der Waals surface area (Å²) in [6.07, 6.45) is 3.40. The number of hydrogen-bond acceptors (Lipinski definition) is 6. The van der Waals surface area contributed by atoms with Crippen LogP contribution in [-0.2, 0) is 4.79 Å². The molecule has 0 saturated carbocycles. The van der Waals surface area contributed by atoms with Crippen LogP contribution in [-0.4, -0.2) is 36.5 Å².